The maximum atomic E-state index is 10.0. The van der Waals surface area contributed by atoms with E-state index in [1.165, 1.54) is 37.9 Å². The van der Waals surface area contributed by atoms with Crippen molar-refractivity contribution < 1.29 is 5.11 Å². The topological polar surface area (TPSA) is 20.2 Å². The quantitative estimate of drug-likeness (QED) is 0.667. The molecule has 0 radical (unpaired) electrons. The van der Waals surface area contributed by atoms with Crippen molar-refractivity contribution in [3.8, 4) is 0 Å². The molecular formula is C11H22OS. The highest BCUT2D eigenvalue weighted by atomic mass is 32.2. The third kappa shape index (κ3) is 4.37. The molecule has 1 fully saturated rings. The van der Waals surface area contributed by atoms with Crippen molar-refractivity contribution in [2.75, 3.05) is 11.5 Å². The van der Waals surface area contributed by atoms with Gasteiger partial charge in [-0.15, -0.1) is 0 Å². The Labute approximate surface area is 86.3 Å². The van der Waals surface area contributed by atoms with E-state index >= 15 is 0 Å². The van der Waals surface area contributed by atoms with Gasteiger partial charge in [0, 0.05) is 5.75 Å². The van der Waals surface area contributed by atoms with E-state index in [2.05, 4.69) is 6.92 Å². The maximum absolute atomic E-state index is 10.0. The Morgan fingerprint density at radius 2 is 1.92 bits per heavy atom. The van der Waals surface area contributed by atoms with Gasteiger partial charge in [0.15, 0.2) is 0 Å². The van der Waals surface area contributed by atoms with Crippen LogP contribution in [0.2, 0.25) is 0 Å². The molecule has 0 saturated heterocycles. The monoisotopic (exact) mass is 202 g/mol. The van der Waals surface area contributed by atoms with E-state index in [4.69, 9.17) is 0 Å². The zero-order chi connectivity index (χ0) is 9.57. The molecule has 0 spiro atoms. The summed E-state index contributed by atoms with van der Waals surface area (Å²) in [6.45, 7) is 2.23. The summed E-state index contributed by atoms with van der Waals surface area (Å²) in [5.41, 5.74) is -0.295. The van der Waals surface area contributed by atoms with Gasteiger partial charge in [-0.3, -0.25) is 0 Å². The predicted octanol–water partition coefficient (Wildman–Crippen LogP) is 3.21. The third-order valence-electron chi connectivity index (χ3n) is 2.80. The van der Waals surface area contributed by atoms with Crippen LogP contribution in [-0.2, 0) is 0 Å². The molecule has 0 heterocycles. The lowest BCUT2D eigenvalue weighted by Gasteiger charge is -2.21. The lowest BCUT2D eigenvalue weighted by Crippen LogP contribution is -2.27. The zero-order valence-corrected chi connectivity index (χ0v) is 9.54. The van der Waals surface area contributed by atoms with E-state index in [1.807, 2.05) is 11.8 Å². The van der Waals surface area contributed by atoms with Crippen molar-refractivity contribution in [2.24, 2.45) is 0 Å². The van der Waals surface area contributed by atoms with Gasteiger partial charge in [0.2, 0.25) is 0 Å². The Bertz CT molecular complexity index is 130. The highest BCUT2D eigenvalue weighted by molar-refractivity contribution is 7.99. The van der Waals surface area contributed by atoms with Gasteiger partial charge >= 0.3 is 0 Å². The molecule has 0 unspecified atom stereocenters. The largest absolute Gasteiger partial charge is 0.389 e. The second-order valence-electron chi connectivity index (χ2n) is 4.19. The van der Waals surface area contributed by atoms with Gasteiger partial charge in [0.25, 0.3) is 0 Å². The second kappa shape index (κ2) is 5.92. The Balaban J connectivity index is 1.98. The summed E-state index contributed by atoms with van der Waals surface area (Å²) in [7, 11) is 0. The first kappa shape index (κ1) is 11.4. The standard InChI is InChI=1S/C11H22OS/c1-2-3-6-9-13-10-11(12)7-4-5-8-11/h12H,2-10H2,1H3. The molecule has 1 aliphatic carbocycles. The molecule has 78 valence electrons. The second-order valence-corrected chi connectivity index (χ2v) is 5.30. The van der Waals surface area contributed by atoms with Crippen molar-refractivity contribution in [1.29, 1.82) is 0 Å². The highest BCUT2D eigenvalue weighted by Crippen LogP contribution is 2.32. The van der Waals surface area contributed by atoms with Gasteiger partial charge < -0.3 is 5.11 Å². The van der Waals surface area contributed by atoms with Crippen LogP contribution in [-0.4, -0.2) is 22.2 Å². The fourth-order valence-corrected chi connectivity index (χ4v) is 3.11. The van der Waals surface area contributed by atoms with Crippen molar-refractivity contribution in [1.82, 2.24) is 0 Å². The first-order chi connectivity index (χ1) is 6.27. The molecule has 0 aromatic rings. The molecule has 2 heteroatoms. The molecule has 1 aliphatic rings. The van der Waals surface area contributed by atoms with Crippen molar-refractivity contribution in [2.45, 2.75) is 57.5 Å². The van der Waals surface area contributed by atoms with E-state index < -0.39 is 0 Å². The molecule has 1 N–H and O–H groups in total. The lowest BCUT2D eigenvalue weighted by molar-refractivity contribution is 0.0733. The van der Waals surface area contributed by atoms with Crippen molar-refractivity contribution in [3.05, 3.63) is 0 Å². The SMILES string of the molecule is CCCCCSCC1(O)CCCC1. The van der Waals surface area contributed by atoms with Crippen molar-refractivity contribution >= 4 is 11.8 Å². The normalized spacial score (nSPS) is 20.8. The Morgan fingerprint density at radius 1 is 1.23 bits per heavy atom. The molecule has 0 bridgehead atoms. The number of unbranched alkanes of at least 4 members (excludes halogenated alkanes) is 2. The molecule has 1 rings (SSSR count). The average Bonchev–Trinajstić information content (AvgIpc) is 2.53. The van der Waals surface area contributed by atoms with Crippen molar-refractivity contribution in [3.63, 3.8) is 0 Å². The van der Waals surface area contributed by atoms with Crippen LogP contribution < -0.4 is 0 Å². The summed E-state index contributed by atoms with van der Waals surface area (Å²) in [6, 6.07) is 0. The molecule has 0 aromatic heterocycles. The van der Waals surface area contributed by atoms with E-state index in [0.717, 1.165) is 18.6 Å². The van der Waals surface area contributed by atoms with Crippen LogP contribution in [0.4, 0.5) is 0 Å². The summed E-state index contributed by atoms with van der Waals surface area (Å²) < 4.78 is 0. The molecule has 1 saturated carbocycles. The Morgan fingerprint density at radius 3 is 2.54 bits per heavy atom. The predicted molar refractivity (Wildman–Crippen MR) is 60.3 cm³/mol. The van der Waals surface area contributed by atoms with Crippen LogP contribution in [0.3, 0.4) is 0 Å². The van der Waals surface area contributed by atoms with Crippen LogP contribution in [0, 0.1) is 0 Å². The minimum atomic E-state index is -0.295. The molecule has 0 aliphatic heterocycles. The Hall–Kier alpha value is 0.310. The molecule has 1 nitrogen and oxygen atoms in total. The molecule has 0 atom stereocenters. The van der Waals surface area contributed by atoms with Crippen LogP contribution in [0.1, 0.15) is 51.9 Å². The van der Waals surface area contributed by atoms with Crippen LogP contribution in [0.25, 0.3) is 0 Å². The highest BCUT2D eigenvalue weighted by Gasteiger charge is 2.30. The van der Waals surface area contributed by atoms with Gasteiger partial charge in [-0.2, -0.15) is 11.8 Å². The summed E-state index contributed by atoms with van der Waals surface area (Å²) in [5, 5.41) is 10.0. The minimum absolute atomic E-state index is 0.295. The smallest absolute Gasteiger partial charge is 0.0737 e. The molecule has 0 aromatic carbocycles. The van der Waals surface area contributed by atoms with Gasteiger partial charge in [-0.05, 0) is 25.0 Å². The summed E-state index contributed by atoms with van der Waals surface area (Å²) in [6.07, 6.45) is 8.48. The van der Waals surface area contributed by atoms with Crippen LogP contribution in [0.5, 0.6) is 0 Å². The zero-order valence-electron chi connectivity index (χ0n) is 8.72. The summed E-state index contributed by atoms with van der Waals surface area (Å²) >= 11 is 1.94. The Kier molecular flexibility index (Phi) is 5.18. The fraction of sp³-hybridized carbons (Fsp3) is 1.00. The molecular weight excluding hydrogens is 180 g/mol. The van der Waals surface area contributed by atoms with E-state index in [-0.39, 0.29) is 5.60 Å². The van der Waals surface area contributed by atoms with E-state index in [9.17, 15) is 5.11 Å². The first-order valence-electron chi connectivity index (χ1n) is 5.57. The summed E-state index contributed by atoms with van der Waals surface area (Å²) in [4.78, 5) is 0. The summed E-state index contributed by atoms with van der Waals surface area (Å²) in [5.74, 6) is 2.20. The van der Waals surface area contributed by atoms with Crippen LogP contribution >= 0.6 is 11.8 Å². The molecule has 13 heavy (non-hydrogen) atoms. The lowest BCUT2D eigenvalue weighted by atomic mass is 10.1. The van der Waals surface area contributed by atoms with Gasteiger partial charge in [0.05, 0.1) is 5.60 Å². The fourth-order valence-electron chi connectivity index (χ4n) is 1.89. The average molecular weight is 202 g/mol. The number of hydrogen-bond acceptors (Lipinski definition) is 2. The minimum Gasteiger partial charge on any atom is -0.389 e. The maximum Gasteiger partial charge on any atom is 0.0737 e. The van der Waals surface area contributed by atoms with Gasteiger partial charge in [0.1, 0.15) is 0 Å². The molecule has 0 amide bonds. The number of hydrogen-bond donors (Lipinski definition) is 1. The number of thioether (sulfide) groups is 1. The first-order valence-corrected chi connectivity index (χ1v) is 6.72. The number of aliphatic hydroxyl groups is 1. The van der Waals surface area contributed by atoms with E-state index in [1.54, 1.807) is 0 Å². The van der Waals surface area contributed by atoms with Gasteiger partial charge in [-0.25, -0.2) is 0 Å². The third-order valence-corrected chi connectivity index (χ3v) is 4.12. The number of rotatable bonds is 6. The van der Waals surface area contributed by atoms with Gasteiger partial charge in [-0.1, -0.05) is 32.6 Å². The van der Waals surface area contributed by atoms with Crippen LogP contribution in [0.15, 0.2) is 0 Å². The van der Waals surface area contributed by atoms with E-state index in [0.29, 0.717) is 0 Å².